The number of carbonyl (C=O) groups is 1. The summed E-state index contributed by atoms with van der Waals surface area (Å²) in [4.78, 5) is 17.6. The highest BCUT2D eigenvalue weighted by Gasteiger charge is 2.28. The molecule has 0 amide bonds. The average molecular weight is 252 g/mol. The predicted octanol–water partition coefficient (Wildman–Crippen LogP) is 2.24. The molecule has 1 saturated heterocycles. The minimum atomic E-state index is -0.734. The molecule has 1 atom stereocenters. The van der Waals surface area contributed by atoms with Crippen LogP contribution in [0.2, 0.25) is 0 Å². The minimum absolute atomic E-state index is 0.260. The highest BCUT2D eigenvalue weighted by molar-refractivity contribution is 5.73. The van der Waals surface area contributed by atoms with E-state index >= 15 is 0 Å². The lowest BCUT2D eigenvalue weighted by molar-refractivity contribution is -0.144. The van der Waals surface area contributed by atoms with Gasteiger partial charge < -0.3 is 9.52 Å². The molecule has 18 heavy (non-hydrogen) atoms. The van der Waals surface area contributed by atoms with E-state index in [0.717, 1.165) is 31.5 Å². The Morgan fingerprint density at radius 1 is 1.61 bits per heavy atom. The van der Waals surface area contributed by atoms with Gasteiger partial charge in [-0.25, -0.2) is 4.98 Å². The highest BCUT2D eigenvalue weighted by atomic mass is 16.4. The van der Waals surface area contributed by atoms with E-state index in [1.165, 1.54) is 0 Å². The van der Waals surface area contributed by atoms with Crippen LogP contribution < -0.4 is 0 Å². The van der Waals surface area contributed by atoms with E-state index in [9.17, 15) is 9.90 Å². The normalized spacial score (nSPS) is 21.4. The molecule has 1 aromatic heterocycles. The molecule has 0 aliphatic carbocycles. The largest absolute Gasteiger partial charge is 0.480 e. The Morgan fingerprint density at radius 2 is 2.39 bits per heavy atom. The van der Waals surface area contributed by atoms with Gasteiger partial charge in [0.2, 0.25) is 0 Å². The number of carboxylic acids is 1. The van der Waals surface area contributed by atoms with E-state index in [-0.39, 0.29) is 12.0 Å². The number of carboxylic acid groups (broad SMARTS) is 1. The van der Waals surface area contributed by atoms with Crippen molar-refractivity contribution in [2.75, 3.05) is 6.54 Å². The van der Waals surface area contributed by atoms with Crippen molar-refractivity contribution in [1.82, 2.24) is 9.88 Å². The summed E-state index contributed by atoms with van der Waals surface area (Å²) >= 11 is 0. The second-order valence-corrected chi connectivity index (χ2v) is 5.15. The van der Waals surface area contributed by atoms with Gasteiger partial charge in [-0.3, -0.25) is 9.69 Å². The van der Waals surface area contributed by atoms with Gasteiger partial charge >= 0.3 is 5.97 Å². The van der Waals surface area contributed by atoms with E-state index in [1.807, 2.05) is 18.7 Å². The van der Waals surface area contributed by atoms with Crippen LogP contribution in [-0.2, 0) is 11.3 Å². The zero-order chi connectivity index (χ0) is 13.1. The lowest BCUT2D eigenvalue weighted by Crippen LogP contribution is -2.44. The summed E-state index contributed by atoms with van der Waals surface area (Å²) in [6, 6.07) is -0.377. The quantitative estimate of drug-likeness (QED) is 0.890. The standard InChI is InChI=1S/C13H20N2O3/c1-9(2)12-14-10(8-18-12)7-15-6-4-3-5-11(15)13(16)17/h8-9,11H,3-7H2,1-2H3,(H,16,17). The van der Waals surface area contributed by atoms with Gasteiger partial charge in [0.1, 0.15) is 12.3 Å². The summed E-state index contributed by atoms with van der Waals surface area (Å²) in [6.45, 7) is 5.43. The monoisotopic (exact) mass is 252 g/mol. The second kappa shape index (κ2) is 5.52. The van der Waals surface area contributed by atoms with Crippen LogP contribution in [-0.4, -0.2) is 33.5 Å². The predicted molar refractivity (Wildman–Crippen MR) is 66.3 cm³/mol. The summed E-state index contributed by atoms with van der Waals surface area (Å²) in [6.07, 6.45) is 4.41. The van der Waals surface area contributed by atoms with E-state index in [0.29, 0.717) is 12.4 Å². The minimum Gasteiger partial charge on any atom is -0.480 e. The van der Waals surface area contributed by atoms with Crippen molar-refractivity contribution in [2.45, 2.75) is 51.6 Å². The SMILES string of the molecule is CC(C)c1nc(CN2CCCCC2C(=O)O)co1. The van der Waals surface area contributed by atoms with Crippen LogP contribution in [0.3, 0.4) is 0 Å². The van der Waals surface area contributed by atoms with Gasteiger partial charge in [-0.05, 0) is 19.4 Å². The molecule has 1 aliphatic rings. The third kappa shape index (κ3) is 2.90. The topological polar surface area (TPSA) is 66.6 Å². The number of rotatable bonds is 4. The number of hydrogen-bond donors (Lipinski definition) is 1. The molecule has 1 aliphatic heterocycles. The summed E-state index contributed by atoms with van der Waals surface area (Å²) < 4.78 is 5.38. The summed E-state index contributed by atoms with van der Waals surface area (Å²) in [7, 11) is 0. The molecule has 5 heteroatoms. The lowest BCUT2D eigenvalue weighted by Gasteiger charge is -2.32. The van der Waals surface area contributed by atoms with Crippen molar-refractivity contribution in [3.8, 4) is 0 Å². The fraction of sp³-hybridized carbons (Fsp3) is 0.692. The first-order valence-electron chi connectivity index (χ1n) is 6.49. The molecule has 2 rings (SSSR count). The van der Waals surface area contributed by atoms with E-state index in [1.54, 1.807) is 6.26 Å². The number of nitrogens with zero attached hydrogens (tertiary/aromatic N) is 2. The van der Waals surface area contributed by atoms with Crippen LogP contribution in [0.4, 0.5) is 0 Å². The molecular weight excluding hydrogens is 232 g/mol. The van der Waals surface area contributed by atoms with Crippen molar-refractivity contribution in [3.63, 3.8) is 0 Å². The third-order valence-electron chi connectivity index (χ3n) is 3.33. The molecule has 1 N–H and O–H groups in total. The second-order valence-electron chi connectivity index (χ2n) is 5.15. The molecule has 0 spiro atoms. The van der Waals surface area contributed by atoms with Gasteiger partial charge in [0, 0.05) is 12.5 Å². The molecule has 0 bridgehead atoms. The highest BCUT2D eigenvalue weighted by Crippen LogP contribution is 2.21. The van der Waals surface area contributed by atoms with Crippen molar-refractivity contribution in [3.05, 3.63) is 17.8 Å². The summed E-state index contributed by atoms with van der Waals surface area (Å²) in [5.41, 5.74) is 0.826. The van der Waals surface area contributed by atoms with Gasteiger partial charge in [-0.15, -0.1) is 0 Å². The Hall–Kier alpha value is -1.36. The first-order chi connectivity index (χ1) is 8.58. The number of aliphatic carboxylic acids is 1. The van der Waals surface area contributed by atoms with Gasteiger partial charge in [-0.1, -0.05) is 20.3 Å². The van der Waals surface area contributed by atoms with Crippen LogP contribution in [0.25, 0.3) is 0 Å². The van der Waals surface area contributed by atoms with E-state index in [4.69, 9.17) is 4.42 Å². The number of aromatic nitrogens is 1. The molecule has 1 fully saturated rings. The summed E-state index contributed by atoms with van der Waals surface area (Å²) in [5, 5.41) is 9.19. The summed E-state index contributed by atoms with van der Waals surface area (Å²) in [5.74, 6) is 0.242. The van der Waals surface area contributed by atoms with Gasteiger partial charge in [0.15, 0.2) is 5.89 Å². The zero-order valence-electron chi connectivity index (χ0n) is 10.9. The Labute approximate surface area is 107 Å². The molecule has 1 aromatic rings. The van der Waals surface area contributed by atoms with Crippen molar-refractivity contribution >= 4 is 5.97 Å². The van der Waals surface area contributed by atoms with Crippen LogP contribution >= 0.6 is 0 Å². The van der Waals surface area contributed by atoms with Gasteiger partial charge in [0.25, 0.3) is 0 Å². The molecular formula is C13H20N2O3. The molecule has 2 heterocycles. The number of piperidine rings is 1. The smallest absolute Gasteiger partial charge is 0.320 e. The van der Waals surface area contributed by atoms with Gasteiger partial charge in [0.05, 0.1) is 5.69 Å². The van der Waals surface area contributed by atoms with Crippen LogP contribution in [0.1, 0.15) is 50.6 Å². The maximum Gasteiger partial charge on any atom is 0.320 e. The third-order valence-corrected chi connectivity index (χ3v) is 3.33. The van der Waals surface area contributed by atoms with Crippen molar-refractivity contribution in [2.24, 2.45) is 0 Å². The first kappa shape index (κ1) is 13.1. The maximum atomic E-state index is 11.2. The Kier molecular flexibility index (Phi) is 4.01. The maximum absolute atomic E-state index is 11.2. The zero-order valence-corrected chi connectivity index (χ0v) is 10.9. The average Bonchev–Trinajstić information content (AvgIpc) is 2.78. The first-order valence-corrected chi connectivity index (χ1v) is 6.49. The lowest BCUT2D eigenvalue weighted by atomic mass is 10.0. The molecule has 0 saturated carbocycles. The number of likely N-dealkylation sites (tertiary alicyclic amines) is 1. The van der Waals surface area contributed by atoms with E-state index in [2.05, 4.69) is 4.98 Å². The Morgan fingerprint density at radius 3 is 3.00 bits per heavy atom. The van der Waals surface area contributed by atoms with E-state index < -0.39 is 5.97 Å². The molecule has 1 unspecified atom stereocenters. The fourth-order valence-electron chi connectivity index (χ4n) is 2.33. The molecule has 0 aromatic carbocycles. The van der Waals surface area contributed by atoms with Crippen LogP contribution in [0, 0.1) is 0 Å². The Bertz CT molecular complexity index is 414. The Balaban J connectivity index is 2.03. The van der Waals surface area contributed by atoms with Crippen molar-refractivity contribution < 1.29 is 14.3 Å². The number of oxazole rings is 1. The molecule has 5 nitrogen and oxygen atoms in total. The fourth-order valence-corrected chi connectivity index (χ4v) is 2.33. The van der Waals surface area contributed by atoms with Crippen LogP contribution in [0.5, 0.6) is 0 Å². The molecule has 0 radical (unpaired) electrons. The van der Waals surface area contributed by atoms with Crippen molar-refractivity contribution in [1.29, 1.82) is 0 Å². The van der Waals surface area contributed by atoms with Gasteiger partial charge in [-0.2, -0.15) is 0 Å². The van der Waals surface area contributed by atoms with Crippen LogP contribution in [0.15, 0.2) is 10.7 Å². The number of hydrogen-bond acceptors (Lipinski definition) is 4. The molecule has 100 valence electrons.